The third-order valence-corrected chi connectivity index (χ3v) is 5.80. The van der Waals surface area contributed by atoms with E-state index in [1.165, 1.54) is 12.8 Å². The van der Waals surface area contributed by atoms with Gasteiger partial charge in [0.05, 0.1) is 12.2 Å². The zero-order chi connectivity index (χ0) is 18.9. The van der Waals surface area contributed by atoms with E-state index < -0.39 is 17.0 Å². The van der Waals surface area contributed by atoms with Gasteiger partial charge in [-0.1, -0.05) is 0 Å². The Morgan fingerprint density at radius 1 is 1.27 bits per heavy atom. The fourth-order valence-corrected chi connectivity index (χ4v) is 4.08. The molecule has 3 rings (SSSR count). The minimum Gasteiger partial charge on any atom is -0.462 e. The maximum absolute atomic E-state index is 13.0. The number of anilines is 1. The minimum absolute atomic E-state index is 0.0447. The first kappa shape index (κ1) is 19.2. The number of likely N-dealkylation sites (tertiary alicyclic amines) is 1. The highest BCUT2D eigenvalue weighted by Crippen LogP contribution is 2.40. The summed E-state index contributed by atoms with van der Waals surface area (Å²) in [5.74, 6) is -1.45. The van der Waals surface area contributed by atoms with Gasteiger partial charge in [0.15, 0.2) is 0 Å². The standard InChI is InChI=1S/C17H21F3N2O3S/c1-2-25-16(24)12-9-13(17(18,19)20)26-15(12)21-14(23)10-5-7-22(8-6-10)11-3-4-11/h9-11H,2-8H2,1H3,(H,21,23). The second-order valence-electron chi connectivity index (χ2n) is 6.60. The molecule has 1 saturated heterocycles. The fraction of sp³-hybridized carbons (Fsp3) is 0.647. The van der Waals surface area contributed by atoms with Crippen LogP contribution in [0, 0.1) is 5.92 Å². The Hall–Kier alpha value is -1.61. The second-order valence-corrected chi connectivity index (χ2v) is 7.65. The number of alkyl halides is 3. The Kier molecular flexibility index (Phi) is 5.57. The van der Waals surface area contributed by atoms with Crippen molar-refractivity contribution >= 4 is 28.2 Å². The molecule has 0 atom stereocenters. The molecule has 0 unspecified atom stereocenters. The number of halogens is 3. The highest BCUT2D eigenvalue weighted by atomic mass is 32.1. The van der Waals surface area contributed by atoms with Crippen LogP contribution in [0.1, 0.15) is 47.8 Å². The summed E-state index contributed by atoms with van der Waals surface area (Å²) in [5.41, 5.74) is -0.243. The van der Waals surface area contributed by atoms with Crippen molar-refractivity contribution in [1.29, 1.82) is 0 Å². The maximum Gasteiger partial charge on any atom is 0.425 e. The largest absolute Gasteiger partial charge is 0.462 e. The molecule has 0 spiro atoms. The van der Waals surface area contributed by atoms with Crippen molar-refractivity contribution in [3.8, 4) is 0 Å². The number of thiophene rings is 1. The Labute approximate surface area is 153 Å². The van der Waals surface area contributed by atoms with Crippen molar-refractivity contribution in [1.82, 2.24) is 4.90 Å². The number of nitrogens with one attached hydrogen (secondary N) is 1. The summed E-state index contributed by atoms with van der Waals surface area (Å²) in [6, 6.07) is 1.38. The number of amides is 1. The second kappa shape index (κ2) is 7.56. The monoisotopic (exact) mass is 390 g/mol. The maximum atomic E-state index is 13.0. The molecular weight excluding hydrogens is 369 g/mol. The molecule has 1 amide bonds. The molecule has 1 saturated carbocycles. The average Bonchev–Trinajstić information content (AvgIpc) is 3.34. The molecule has 0 bridgehead atoms. The van der Waals surface area contributed by atoms with Crippen molar-refractivity contribution < 1.29 is 27.5 Å². The average molecular weight is 390 g/mol. The van der Waals surface area contributed by atoms with Gasteiger partial charge in [-0.25, -0.2) is 4.79 Å². The summed E-state index contributed by atoms with van der Waals surface area (Å²) in [7, 11) is 0. The van der Waals surface area contributed by atoms with Crippen molar-refractivity contribution in [3.63, 3.8) is 0 Å². The van der Waals surface area contributed by atoms with Crippen LogP contribution >= 0.6 is 11.3 Å². The topological polar surface area (TPSA) is 58.6 Å². The highest BCUT2D eigenvalue weighted by molar-refractivity contribution is 7.16. The first-order chi connectivity index (χ1) is 12.3. The molecule has 1 aliphatic carbocycles. The first-order valence-electron chi connectivity index (χ1n) is 8.72. The lowest BCUT2D eigenvalue weighted by Crippen LogP contribution is -2.39. The van der Waals surface area contributed by atoms with Gasteiger partial charge in [-0.05, 0) is 51.8 Å². The van der Waals surface area contributed by atoms with Crippen LogP contribution in [0.5, 0.6) is 0 Å². The summed E-state index contributed by atoms with van der Waals surface area (Å²) >= 11 is 0.360. The van der Waals surface area contributed by atoms with Gasteiger partial charge in [0, 0.05) is 12.0 Å². The summed E-state index contributed by atoms with van der Waals surface area (Å²) in [5, 5.41) is 2.44. The van der Waals surface area contributed by atoms with Crippen LogP contribution in [0.2, 0.25) is 0 Å². The number of esters is 1. The van der Waals surface area contributed by atoms with Crippen molar-refractivity contribution in [3.05, 3.63) is 16.5 Å². The molecule has 0 radical (unpaired) electrons. The van der Waals surface area contributed by atoms with Crippen LogP contribution in [0.25, 0.3) is 0 Å². The van der Waals surface area contributed by atoms with Gasteiger partial charge in [0.1, 0.15) is 9.88 Å². The molecule has 2 aliphatic rings. The minimum atomic E-state index is -4.58. The third-order valence-electron chi connectivity index (χ3n) is 4.71. The van der Waals surface area contributed by atoms with E-state index in [1.54, 1.807) is 6.92 Å². The quantitative estimate of drug-likeness (QED) is 0.778. The van der Waals surface area contributed by atoms with Gasteiger partial charge in [0.25, 0.3) is 0 Å². The summed E-state index contributed by atoms with van der Waals surface area (Å²) in [6.07, 6.45) is -0.821. The SMILES string of the molecule is CCOC(=O)c1cc(C(F)(F)F)sc1NC(=O)C1CCN(C2CC2)CC1. The number of rotatable bonds is 5. The highest BCUT2D eigenvalue weighted by Gasteiger charge is 2.37. The van der Waals surface area contributed by atoms with Gasteiger partial charge in [0.2, 0.25) is 5.91 Å². The number of ether oxygens (including phenoxy) is 1. The molecule has 1 aliphatic heterocycles. The van der Waals surface area contributed by atoms with Crippen LogP contribution in [0.4, 0.5) is 18.2 Å². The van der Waals surface area contributed by atoms with Crippen LogP contribution in [0.15, 0.2) is 6.07 Å². The van der Waals surface area contributed by atoms with Gasteiger partial charge in [-0.3, -0.25) is 4.79 Å². The molecule has 26 heavy (non-hydrogen) atoms. The molecular formula is C17H21F3N2O3S. The Morgan fingerprint density at radius 2 is 1.92 bits per heavy atom. The zero-order valence-corrected chi connectivity index (χ0v) is 15.2. The van der Waals surface area contributed by atoms with E-state index >= 15 is 0 Å². The van der Waals surface area contributed by atoms with Gasteiger partial charge >= 0.3 is 12.1 Å². The molecule has 5 nitrogen and oxygen atoms in total. The third kappa shape index (κ3) is 4.37. The lowest BCUT2D eigenvalue weighted by atomic mass is 9.96. The predicted molar refractivity (Wildman–Crippen MR) is 91.2 cm³/mol. The van der Waals surface area contributed by atoms with Crippen molar-refractivity contribution in [2.75, 3.05) is 25.0 Å². The lowest BCUT2D eigenvalue weighted by molar-refractivity contribution is -0.134. The van der Waals surface area contributed by atoms with E-state index in [2.05, 4.69) is 10.2 Å². The molecule has 2 fully saturated rings. The molecule has 144 valence electrons. The number of nitrogens with zero attached hydrogens (tertiary/aromatic N) is 1. The summed E-state index contributed by atoms with van der Waals surface area (Å²) < 4.78 is 43.8. The molecule has 0 aromatic carbocycles. The molecule has 1 N–H and O–H groups in total. The number of hydrogen-bond donors (Lipinski definition) is 1. The number of hydrogen-bond acceptors (Lipinski definition) is 5. The van der Waals surface area contributed by atoms with Gasteiger partial charge < -0.3 is 15.0 Å². The van der Waals surface area contributed by atoms with Crippen LogP contribution < -0.4 is 5.32 Å². The Balaban J connectivity index is 1.70. The van der Waals surface area contributed by atoms with Crippen LogP contribution in [-0.4, -0.2) is 42.5 Å². The van der Waals surface area contributed by atoms with E-state index in [0.29, 0.717) is 30.2 Å². The number of carbonyl (C=O) groups is 2. The number of carbonyl (C=O) groups excluding carboxylic acids is 2. The van der Waals surface area contributed by atoms with E-state index in [9.17, 15) is 22.8 Å². The van der Waals surface area contributed by atoms with E-state index in [-0.39, 0.29) is 29.0 Å². The van der Waals surface area contributed by atoms with Crippen molar-refractivity contribution in [2.24, 2.45) is 5.92 Å². The normalized spacial score (nSPS) is 19.4. The van der Waals surface area contributed by atoms with Crippen molar-refractivity contribution in [2.45, 2.75) is 44.8 Å². The smallest absolute Gasteiger partial charge is 0.425 e. The molecule has 9 heteroatoms. The van der Waals surface area contributed by atoms with E-state index in [1.807, 2.05) is 0 Å². The summed E-state index contributed by atoms with van der Waals surface area (Å²) in [4.78, 5) is 25.9. The Morgan fingerprint density at radius 3 is 2.46 bits per heavy atom. The zero-order valence-electron chi connectivity index (χ0n) is 14.4. The fourth-order valence-electron chi connectivity index (χ4n) is 3.16. The lowest BCUT2D eigenvalue weighted by Gasteiger charge is -2.31. The van der Waals surface area contributed by atoms with Crippen LogP contribution in [-0.2, 0) is 15.7 Å². The van der Waals surface area contributed by atoms with Crippen LogP contribution in [0.3, 0.4) is 0 Å². The van der Waals surface area contributed by atoms with Gasteiger partial charge in [-0.15, -0.1) is 11.3 Å². The van der Waals surface area contributed by atoms with E-state index in [0.717, 1.165) is 19.2 Å². The number of piperidine rings is 1. The summed E-state index contributed by atoms with van der Waals surface area (Å²) in [6.45, 7) is 3.27. The first-order valence-corrected chi connectivity index (χ1v) is 9.54. The van der Waals surface area contributed by atoms with Gasteiger partial charge in [-0.2, -0.15) is 13.2 Å². The molecule has 1 aromatic heterocycles. The predicted octanol–water partition coefficient (Wildman–Crippen LogP) is 3.76. The van der Waals surface area contributed by atoms with E-state index in [4.69, 9.17) is 4.74 Å². The Bertz CT molecular complexity index is 677. The molecule has 2 heterocycles. The molecule has 1 aromatic rings.